The van der Waals surface area contributed by atoms with Gasteiger partial charge < -0.3 is 0 Å². The Hall–Kier alpha value is -7.40. The van der Waals surface area contributed by atoms with Crippen LogP contribution < -0.4 is 0 Å². The fourth-order valence-electron chi connectivity index (χ4n) is 8.95. The van der Waals surface area contributed by atoms with Gasteiger partial charge in [0.2, 0.25) is 9.84 Å². The molecule has 0 bridgehead atoms. The summed E-state index contributed by atoms with van der Waals surface area (Å²) in [5, 5.41) is 0. The third-order valence-electron chi connectivity index (χ3n) is 16.4. The second-order valence-corrected chi connectivity index (χ2v) is 24.5. The van der Waals surface area contributed by atoms with Gasteiger partial charge in [0, 0.05) is 11.1 Å². The first-order valence-electron chi connectivity index (χ1n) is 27.9. The second kappa shape index (κ2) is 27.7. The molecule has 0 amide bonds. The van der Waals surface area contributed by atoms with Gasteiger partial charge in [-0.2, -0.15) is 0 Å². The van der Waals surface area contributed by atoms with Gasteiger partial charge in [0.1, 0.15) is 0 Å². The molecule has 80 heavy (non-hydrogen) atoms. The predicted octanol–water partition coefficient (Wildman–Crippen LogP) is 20.3. The zero-order valence-corrected chi connectivity index (χ0v) is 52.9. The van der Waals surface area contributed by atoms with Gasteiger partial charge >= 0.3 is 0 Å². The molecule has 0 unspecified atom stereocenters. The summed E-state index contributed by atoms with van der Waals surface area (Å²) in [5.74, 6) is 0.0983. The average Bonchev–Trinajstić information content (AvgIpc) is 3.47. The topological polar surface area (TPSA) is 51.2 Å². The van der Waals surface area contributed by atoms with Crippen molar-refractivity contribution in [3.63, 3.8) is 0 Å². The van der Waals surface area contributed by atoms with Crippen molar-refractivity contribution in [2.75, 3.05) is 0 Å². The molecule has 0 aliphatic carbocycles. The molecule has 0 aromatic heterocycles. The second-order valence-electron chi connectivity index (χ2n) is 22.5. The maximum absolute atomic E-state index is 12.6. The highest BCUT2D eigenvalue weighted by Crippen LogP contribution is 2.30. The molecule has 9 aromatic rings. The SMILES string of the molecule is Cc1cc(C)c(C)cc1C.Cc1ccc(-c2ccc(C)c(C)c2)cc1C.Cc1ccc(-c2ccc(C)c(C)c2C)cc1C.Cc1ccc(C(=O)c2ccc(C)c(C)c2)cc1C.Cc1ccc(S(=O)(=O)c2ccc(C)c(C)c2)cc1C. The Kier molecular flexibility index (Phi) is 21.9. The van der Waals surface area contributed by atoms with E-state index in [1.54, 1.807) is 24.3 Å². The summed E-state index contributed by atoms with van der Waals surface area (Å²) in [4.78, 5) is 13.1. The lowest BCUT2D eigenvalue weighted by atomic mass is 9.92. The van der Waals surface area contributed by atoms with Crippen molar-refractivity contribution in [3.05, 3.63) is 280 Å². The third kappa shape index (κ3) is 16.4. The molecule has 9 rings (SSSR count). The normalized spacial score (nSPS) is 10.7. The van der Waals surface area contributed by atoms with Crippen molar-refractivity contribution in [3.8, 4) is 22.3 Å². The van der Waals surface area contributed by atoms with Crippen LogP contribution in [0.25, 0.3) is 22.3 Å². The van der Waals surface area contributed by atoms with Crippen LogP contribution in [0.1, 0.15) is 133 Å². The van der Waals surface area contributed by atoms with Crippen LogP contribution in [0.2, 0.25) is 0 Å². The first-order chi connectivity index (χ1) is 37.5. The maximum atomic E-state index is 12.6. The fourth-order valence-corrected chi connectivity index (χ4v) is 10.4. The van der Waals surface area contributed by atoms with E-state index in [9.17, 15) is 13.2 Å². The van der Waals surface area contributed by atoms with E-state index >= 15 is 0 Å². The summed E-state index contributed by atoms with van der Waals surface area (Å²) in [6.45, 7) is 44.2. The van der Waals surface area contributed by atoms with Gasteiger partial charge in [-0.15, -0.1) is 0 Å². The molecule has 416 valence electrons. The number of hydrogen-bond donors (Lipinski definition) is 0. The van der Waals surface area contributed by atoms with Crippen molar-refractivity contribution in [1.82, 2.24) is 0 Å². The first-order valence-corrected chi connectivity index (χ1v) is 29.4. The molecule has 0 saturated carbocycles. The summed E-state index contributed by atoms with van der Waals surface area (Å²) < 4.78 is 25.1. The molecule has 0 fully saturated rings. The number of aryl methyl sites for hydroxylation is 19. The van der Waals surface area contributed by atoms with Gasteiger partial charge in [-0.3, -0.25) is 4.79 Å². The largest absolute Gasteiger partial charge is 0.289 e. The lowest BCUT2D eigenvalue weighted by Gasteiger charge is -2.12. The average molecular weight is 1080 g/mol. The molecule has 0 heterocycles. The summed E-state index contributed by atoms with van der Waals surface area (Å²) in [6, 6.07) is 51.2. The Bertz CT molecular complexity index is 3600. The van der Waals surface area contributed by atoms with Gasteiger partial charge in [-0.05, 0) is 321 Å². The molecule has 0 aliphatic rings. The standard InChI is InChI=1S/C17H18O.C17H20.C16H18O2S.C16H18.C10H14/c1-11-5-7-15(9-13(11)3)17(18)16-8-6-12(2)14(4)10-16;1-11-6-8-16(10-13(11)3)17-9-7-12(2)14(4)15(17)5;1-11-5-7-15(9-13(11)3)19(17,18)16-8-6-12(2)14(4)10-16;1-11-5-7-15(9-13(11)3)16-8-6-12(2)14(4)10-16;1-7-5-9(3)10(4)6-8(7)2/h5-10H,1-4H3;6-10H,1-5H3;5-10H,1-4H3;5-10H,1-4H3;5-6H,1-4H3. The minimum atomic E-state index is -3.42. The Balaban J connectivity index is 0.000000186. The molecule has 0 aliphatic heterocycles. The Morgan fingerprint density at radius 2 is 0.500 bits per heavy atom. The minimum absolute atomic E-state index is 0.0983. The molecular weight excluding hydrogens is 993 g/mol. The number of rotatable bonds is 6. The van der Waals surface area contributed by atoms with Crippen LogP contribution in [-0.2, 0) is 9.84 Å². The Morgan fingerprint density at radius 3 is 0.825 bits per heavy atom. The third-order valence-corrected chi connectivity index (χ3v) is 18.2. The lowest BCUT2D eigenvalue weighted by Crippen LogP contribution is -2.03. The van der Waals surface area contributed by atoms with E-state index in [0.29, 0.717) is 9.79 Å². The summed E-state index contributed by atoms with van der Waals surface area (Å²) in [6.07, 6.45) is 0. The van der Waals surface area contributed by atoms with Gasteiger partial charge in [0.25, 0.3) is 0 Å². The van der Waals surface area contributed by atoms with Crippen LogP contribution in [0.5, 0.6) is 0 Å². The summed E-state index contributed by atoms with van der Waals surface area (Å²) in [5.41, 5.74) is 33.6. The van der Waals surface area contributed by atoms with Gasteiger partial charge in [-0.25, -0.2) is 8.42 Å². The zero-order valence-electron chi connectivity index (χ0n) is 52.1. The molecule has 3 nitrogen and oxygen atoms in total. The first kappa shape index (κ1) is 63.4. The van der Waals surface area contributed by atoms with Crippen LogP contribution in [0, 0.1) is 145 Å². The highest BCUT2D eigenvalue weighted by Gasteiger charge is 2.19. The van der Waals surface area contributed by atoms with E-state index in [-0.39, 0.29) is 5.78 Å². The van der Waals surface area contributed by atoms with Crippen LogP contribution in [0.3, 0.4) is 0 Å². The number of hydrogen-bond acceptors (Lipinski definition) is 3. The maximum Gasteiger partial charge on any atom is 0.206 e. The van der Waals surface area contributed by atoms with E-state index in [0.717, 1.165) is 44.5 Å². The van der Waals surface area contributed by atoms with Gasteiger partial charge in [-0.1, -0.05) is 115 Å². The highest BCUT2D eigenvalue weighted by atomic mass is 32.2. The van der Waals surface area contributed by atoms with E-state index in [2.05, 4.69) is 183 Å². The van der Waals surface area contributed by atoms with Gasteiger partial charge in [0.05, 0.1) is 9.79 Å². The number of ketones is 1. The van der Waals surface area contributed by atoms with E-state index in [1.165, 1.54) is 106 Å². The van der Waals surface area contributed by atoms with Crippen molar-refractivity contribution in [2.24, 2.45) is 0 Å². The van der Waals surface area contributed by atoms with E-state index < -0.39 is 9.84 Å². The predicted molar refractivity (Wildman–Crippen MR) is 344 cm³/mol. The van der Waals surface area contributed by atoms with Crippen molar-refractivity contribution in [2.45, 2.75) is 155 Å². The number of carbonyl (C=O) groups is 1. The summed E-state index contributed by atoms with van der Waals surface area (Å²) in [7, 11) is -3.42. The van der Waals surface area contributed by atoms with Crippen LogP contribution >= 0.6 is 0 Å². The molecule has 0 radical (unpaired) electrons. The smallest absolute Gasteiger partial charge is 0.206 e. The molecule has 9 aromatic carbocycles. The highest BCUT2D eigenvalue weighted by molar-refractivity contribution is 7.91. The molecule has 0 saturated heterocycles. The number of sulfone groups is 1. The van der Waals surface area contributed by atoms with Crippen LogP contribution in [-0.4, -0.2) is 14.2 Å². The molecule has 0 N–H and O–H groups in total. The quantitative estimate of drug-likeness (QED) is 0.156. The van der Waals surface area contributed by atoms with Crippen molar-refractivity contribution in [1.29, 1.82) is 0 Å². The lowest BCUT2D eigenvalue weighted by molar-refractivity contribution is 0.103. The Morgan fingerprint density at radius 1 is 0.237 bits per heavy atom. The fraction of sp³-hybridized carbons (Fsp3) is 0.276. The molecule has 4 heteroatoms. The molecule has 0 atom stereocenters. The molecular formula is C76H88O3S. The van der Waals surface area contributed by atoms with E-state index in [1.807, 2.05) is 90.1 Å². The summed E-state index contributed by atoms with van der Waals surface area (Å²) >= 11 is 0. The van der Waals surface area contributed by atoms with Crippen LogP contribution in [0.4, 0.5) is 0 Å². The zero-order chi connectivity index (χ0) is 59.5. The van der Waals surface area contributed by atoms with Gasteiger partial charge in [0.15, 0.2) is 5.78 Å². The van der Waals surface area contributed by atoms with Crippen molar-refractivity contribution < 1.29 is 13.2 Å². The van der Waals surface area contributed by atoms with E-state index in [4.69, 9.17) is 0 Å². The number of carbonyl (C=O) groups excluding carboxylic acids is 1. The Labute approximate surface area is 483 Å². The molecule has 0 spiro atoms. The minimum Gasteiger partial charge on any atom is -0.289 e. The van der Waals surface area contributed by atoms with Crippen molar-refractivity contribution >= 4 is 15.6 Å². The number of benzene rings is 9. The monoisotopic (exact) mass is 1080 g/mol. The van der Waals surface area contributed by atoms with Crippen LogP contribution in [0.15, 0.2) is 161 Å².